The summed E-state index contributed by atoms with van der Waals surface area (Å²) < 4.78 is 0. The summed E-state index contributed by atoms with van der Waals surface area (Å²) in [6, 6.07) is 0. The van der Waals surface area contributed by atoms with Crippen LogP contribution in [0, 0.1) is 28.1 Å². The number of rotatable bonds is 2. The number of carbonyl (C=O) groups excluding carboxylic acids is 1. The van der Waals surface area contributed by atoms with Gasteiger partial charge in [-0.25, -0.2) is 0 Å². The summed E-state index contributed by atoms with van der Waals surface area (Å²) in [5.41, 5.74) is 0.908. The Balaban J connectivity index is 1.38. The second kappa shape index (κ2) is 4.72. The van der Waals surface area contributed by atoms with Gasteiger partial charge in [0.2, 0.25) is 5.91 Å². The molecule has 0 aromatic carbocycles. The van der Waals surface area contributed by atoms with Gasteiger partial charge in [0.1, 0.15) is 0 Å². The van der Waals surface area contributed by atoms with Gasteiger partial charge in [0.05, 0.1) is 5.41 Å². The zero-order chi connectivity index (χ0) is 15.6. The van der Waals surface area contributed by atoms with Crippen molar-refractivity contribution >= 4 is 5.91 Å². The largest absolute Gasteiger partial charge is 0.342 e. The predicted octanol–water partition coefficient (Wildman–Crippen LogP) is 3.05. The van der Waals surface area contributed by atoms with Gasteiger partial charge >= 0.3 is 0 Å². The standard InChI is InChI=1S/C19H32N2O/c1-17(2,3)19-11-18(12-19,13-19)16(22)21-8-4-5-15(10-21)14-6-7-20-9-14/h14-15,20H,4-13H2,1-3H3. The van der Waals surface area contributed by atoms with Gasteiger partial charge in [-0.3, -0.25) is 4.79 Å². The minimum absolute atomic E-state index is 0.0586. The lowest BCUT2D eigenvalue weighted by atomic mass is 9.29. The Bertz CT molecular complexity index is 453. The minimum atomic E-state index is 0.0586. The summed E-state index contributed by atoms with van der Waals surface area (Å²) in [5.74, 6) is 2.07. The SMILES string of the molecule is CC(C)(C)C12CC(C(=O)N3CCCC(C4CCNC4)C3)(C1)C2. The van der Waals surface area contributed by atoms with E-state index in [0.717, 1.165) is 44.2 Å². The van der Waals surface area contributed by atoms with Crippen LogP contribution in [0.3, 0.4) is 0 Å². The van der Waals surface area contributed by atoms with Gasteiger partial charge in [-0.1, -0.05) is 20.8 Å². The highest BCUT2D eigenvalue weighted by atomic mass is 16.2. The Hall–Kier alpha value is -0.570. The van der Waals surface area contributed by atoms with Crippen molar-refractivity contribution in [1.82, 2.24) is 10.2 Å². The highest BCUT2D eigenvalue weighted by Crippen LogP contribution is 2.79. The molecule has 2 heterocycles. The molecule has 2 unspecified atom stereocenters. The van der Waals surface area contributed by atoms with E-state index in [1.54, 1.807) is 0 Å². The molecule has 2 atom stereocenters. The van der Waals surface area contributed by atoms with Gasteiger partial charge < -0.3 is 10.2 Å². The minimum Gasteiger partial charge on any atom is -0.342 e. The molecule has 1 amide bonds. The summed E-state index contributed by atoms with van der Waals surface area (Å²) in [6.07, 6.45) is 7.34. The average molecular weight is 304 g/mol. The zero-order valence-corrected chi connectivity index (χ0v) is 14.6. The number of likely N-dealkylation sites (tertiary alicyclic amines) is 1. The second-order valence-corrected chi connectivity index (χ2v) is 9.75. The van der Waals surface area contributed by atoms with Crippen molar-refractivity contribution in [2.45, 2.75) is 59.3 Å². The first-order valence-corrected chi connectivity index (χ1v) is 9.35. The maximum atomic E-state index is 13.1. The summed E-state index contributed by atoms with van der Waals surface area (Å²) >= 11 is 0. The number of hydrogen-bond donors (Lipinski definition) is 1. The lowest BCUT2D eigenvalue weighted by Gasteiger charge is -2.75. The Morgan fingerprint density at radius 1 is 1.14 bits per heavy atom. The quantitative estimate of drug-likeness (QED) is 0.850. The van der Waals surface area contributed by atoms with Gasteiger partial charge in [-0.15, -0.1) is 0 Å². The predicted molar refractivity (Wildman–Crippen MR) is 88.5 cm³/mol. The molecule has 5 aliphatic rings. The van der Waals surface area contributed by atoms with Crippen LogP contribution in [0.4, 0.5) is 0 Å². The van der Waals surface area contributed by atoms with Crippen LogP contribution in [0.2, 0.25) is 0 Å². The first kappa shape index (κ1) is 15.0. The van der Waals surface area contributed by atoms with E-state index >= 15 is 0 Å². The molecule has 0 aromatic rings. The van der Waals surface area contributed by atoms with Crippen molar-refractivity contribution in [3.63, 3.8) is 0 Å². The third-order valence-corrected chi connectivity index (χ3v) is 7.59. The van der Waals surface area contributed by atoms with Crippen LogP contribution < -0.4 is 5.32 Å². The molecule has 5 rings (SSSR count). The summed E-state index contributed by atoms with van der Waals surface area (Å²) in [6.45, 7) is 11.5. The Morgan fingerprint density at radius 2 is 1.86 bits per heavy atom. The van der Waals surface area contributed by atoms with Gasteiger partial charge in [0.25, 0.3) is 0 Å². The van der Waals surface area contributed by atoms with E-state index in [1.165, 1.54) is 32.4 Å². The molecule has 124 valence electrons. The highest BCUT2D eigenvalue weighted by molar-refractivity contribution is 5.86. The first-order chi connectivity index (χ1) is 10.4. The number of carbonyl (C=O) groups is 1. The van der Waals surface area contributed by atoms with Crippen LogP contribution in [-0.2, 0) is 4.79 Å². The molecule has 22 heavy (non-hydrogen) atoms. The molecule has 0 radical (unpaired) electrons. The van der Waals surface area contributed by atoms with E-state index in [-0.39, 0.29) is 5.41 Å². The van der Waals surface area contributed by atoms with Crippen molar-refractivity contribution in [3.05, 3.63) is 0 Å². The van der Waals surface area contributed by atoms with Crippen LogP contribution in [0.1, 0.15) is 59.3 Å². The normalized spacial score (nSPS) is 44.4. The van der Waals surface area contributed by atoms with E-state index < -0.39 is 0 Å². The zero-order valence-electron chi connectivity index (χ0n) is 14.6. The molecule has 0 spiro atoms. The third-order valence-electron chi connectivity index (χ3n) is 7.59. The van der Waals surface area contributed by atoms with E-state index in [2.05, 4.69) is 31.0 Å². The lowest BCUT2D eigenvalue weighted by Crippen LogP contribution is -2.72. The first-order valence-electron chi connectivity index (χ1n) is 9.35. The number of hydrogen-bond acceptors (Lipinski definition) is 2. The van der Waals surface area contributed by atoms with E-state index in [9.17, 15) is 4.79 Å². The summed E-state index contributed by atoms with van der Waals surface area (Å²) in [4.78, 5) is 15.3. The van der Waals surface area contributed by atoms with Crippen molar-refractivity contribution in [2.75, 3.05) is 26.2 Å². The van der Waals surface area contributed by atoms with Crippen LogP contribution in [0.25, 0.3) is 0 Å². The molecular formula is C19H32N2O. The van der Waals surface area contributed by atoms with Gasteiger partial charge in [0, 0.05) is 13.1 Å². The van der Waals surface area contributed by atoms with Crippen molar-refractivity contribution in [1.29, 1.82) is 0 Å². The highest BCUT2D eigenvalue weighted by Gasteiger charge is 2.75. The van der Waals surface area contributed by atoms with Gasteiger partial charge in [-0.05, 0) is 74.3 Å². The molecule has 2 saturated heterocycles. The van der Waals surface area contributed by atoms with Crippen LogP contribution >= 0.6 is 0 Å². The molecule has 1 N–H and O–H groups in total. The fourth-order valence-corrected chi connectivity index (χ4v) is 5.80. The average Bonchev–Trinajstić information content (AvgIpc) is 2.87. The molecule has 2 aliphatic heterocycles. The van der Waals surface area contributed by atoms with Gasteiger partial charge in [0.15, 0.2) is 0 Å². The molecular weight excluding hydrogens is 272 g/mol. The van der Waals surface area contributed by atoms with E-state index in [1.807, 2.05) is 0 Å². The van der Waals surface area contributed by atoms with E-state index in [4.69, 9.17) is 0 Å². The third kappa shape index (κ3) is 2.00. The fraction of sp³-hybridized carbons (Fsp3) is 0.947. The van der Waals surface area contributed by atoms with E-state index in [0.29, 0.717) is 16.7 Å². The lowest BCUT2D eigenvalue weighted by molar-refractivity contribution is -0.255. The molecule has 5 fully saturated rings. The second-order valence-electron chi connectivity index (χ2n) is 9.75. The monoisotopic (exact) mass is 304 g/mol. The Labute approximate surface area is 135 Å². The summed E-state index contributed by atoms with van der Waals surface area (Å²) in [5, 5.41) is 3.49. The Morgan fingerprint density at radius 3 is 2.45 bits per heavy atom. The van der Waals surface area contributed by atoms with Gasteiger partial charge in [-0.2, -0.15) is 0 Å². The van der Waals surface area contributed by atoms with Crippen LogP contribution in [0.5, 0.6) is 0 Å². The topological polar surface area (TPSA) is 32.3 Å². The number of piperidine rings is 1. The van der Waals surface area contributed by atoms with Crippen molar-refractivity contribution in [2.24, 2.45) is 28.1 Å². The van der Waals surface area contributed by atoms with Crippen LogP contribution in [0.15, 0.2) is 0 Å². The Kier molecular flexibility index (Phi) is 3.21. The maximum Gasteiger partial charge on any atom is 0.228 e. The molecule has 3 nitrogen and oxygen atoms in total. The number of nitrogens with one attached hydrogen (secondary N) is 1. The molecule has 0 aromatic heterocycles. The molecule has 2 bridgehead atoms. The van der Waals surface area contributed by atoms with Crippen molar-refractivity contribution in [3.8, 4) is 0 Å². The maximum absolute atomic E-state index is 13.1. The van der Waals surface area contributed by atoms with Crippen LogP contribution in [-0.4, -0.2) is 37.0 Å². The molecule has 3 saturated carbocycles. The number of nitrogens with zero attached hydrogens (tertiary/aromatic N) is 1. The fourth-order valence-electron chi connectivity index (χ4n) is 5.80. The smallest absolute Gasteiger partial charge is 0.228 e. The van der Waals surface area contributed by atoms with Crippen molar-refractivity contribution < 1.29 is 4.79 Å². The number of amides is 1. The molecule has 3 aliphatic carbocycles. The summed E-state index contributed by atoms with van der Waals surface area (Å²) in [7, 11) is 0. The molecule has 3 heteroatoms.